The number of nitrogens with zero attached hydrogens (tertiary/aromatic N) is 1. The fourth-order valence-electron chi connectivity index (χ4n) is 1.57. The summed E-state index contributed by atoms with van der Waals surface area (Å²) in [5.41, 5.74) is 1.01. The maximum absolute atomic E-state index is 13.6. The topological polar surface area (TPSA) is 66.0 Å². The lowest BCUT2D eigenvalue weighted by Crippen LogP contribution is -1.98. The third-order valence-corrected chi connectivity index (χ3v) is 3.10. The van der Waals surface area contributed by atoms with Gasteiger partial charge in [-0.15, -0.1) is 0 Å². The smallest absolute Gasteiger partial charge is 0.303 e. The van der Waals surface area contributed by atoms with Crippen LogP contribution in [-0.2, 0) is 11.2 Å². The van der Waals surface area contributed by atoms with E-state index in [0.717, 1.165) is 0 Å². The lowest BCUT2D eigenvalue weighted by Gasteiger charge is -1.98. The van der Waals surface area contributed by atoms with Gasteiger partial charge in [0.15, 0.2) is 0 Å². The van der Waals surface area contributed by atoms with Gasteiger partial charge in [0.1, 0.15) is 16.2 Å². The first-order valence-electron chi connectivity index (χ1n) is 5.29. The normalized spacial score (nSPS) is 10.6. The van der Waals surface area contributed by atoms with Gasteiger partial charge in [-0.05, 0) is 28.1 Å². The molecule has 1 heterocycles. The summed E-state index contributed by atoms with van der Waals surface area (Å²) in [4.78, 5) is 17.6. The molecule has 0 amide bonds. The highest BCUT2D eigenvalue weighted by molar-refractivity contribution is 9.10. The summed E-state index contributed by atoms with van der Waals surface area (Å²) in [6.07, 6.45) is 0.314. The Labute approximate surface area is 111 Å². The molecule has 0 unspecified atom stereocenters. The second-order valence-electron chi connectivity index (χ2n) is 3.73. The molecule has 94 valence electrons. The van der Waals surface area contributed by atoms with Gasteiger partial charge in [0.25, 0.3) is 0 Å². The van der Waals surface area contributed by atoms with Crippen molar-refractivity contribution in [1.82, 2.24) is 9.97 Å². The number of aromatic nitrogens is 2. The molecular weight excluding hydrogens is 303 g/mol. The molecule has 2 aromatic rings. The van der Waals surface area contributed by atoms with Crippen LogP contribution in [0.4, 0.5) is 4.39 Å². The number of rotatable bonds is 4. The van der Waals surface area contributed by atoms with Crippen LogP contribution in [0.2, 0.25) is 0 Å². The standard InChI is InChI=1S/C12H10BrFN2O2/c13-11-9(5-6-10(17)18)15-12(16-11)7-3-1-2-4-8(7)14/h1-4H,5-6H2,(H,15,16)(H,17,18). The summed E-state index contributed by atoms with van der Waals surface area (Å²) in [6.45, 7) is 0. The molecule has 0 aliphatic rings. The van der Waals surface area contributed by atoms with E-state index in [9.17, 15) is 9.18 Å². The maximum Gasteiger partial charge on any atom is 0.303 e. The Balaban J connectivity index is 2.29. The van der Waals surface area contributed by atoms with Gasteiger partial charge in [-0.1, -0.05) is 12.1 Å². The van der Waals surface area contributed by atoms with Gasteiger partial charge in [-0.3, -0.25) is 4.79 Å². The Morgan fingerprint density at radius 2 is 2.17 bits per heavy atom. The SMILES string of the molecule is O=C(O)CCc1[nH]c(-c2ccccc2F)nc1Br. The van der Waals surface area contributed by atoms with Crippen molar-refractivity contribution in [3.05, 3.63) is 40.4 Å². The van der Waals surface area contributed by atoms with E-state index in [0.29, 0.717) is 28.1 Å². The molecule has 0 fully saturated rings. The molecule has 0 aliphatic heterocycles. The van der Waals surface area contributed by atoms with Crippen LogP contribution in [0.5, 0.6) is 0 Å². The predicted molar refractivity (Wildman–Crippen MR) is 67.6 cm³/mol. The van der Waals surface area contributed by atoms with Crippen LogP contribution >= 0.6 is 15.9 Å². The largest absolute Gasteiger partial charge is 0.481 e. The highest BCUT2D eigenvalue weighted by Gasteiger charge is 2.13. The fourth-order valence-corrected chi connectivity index (χ4v) is 2.04. The summed E-state index contributed by atoms with van der Waals surface area (Å²) in [7, 11) is 0. The van der Waals surface area contributed by atoms with Crippen LogP contribution in [0.15, 0.2) is 28.9 Å². The van der Waals surface area contributed by atoms with Gasteiger partial charge in [0.2, 0.25) is 0 Å². The van der Waals surface area contributed by atoms with Crippen LogP contribution in [0.1, 0.15) is 12.1 Å². The van der Waals surface area contributed by atoms with Crippen LogP contribution in [-0.4, -0.2) is 21.0 Å². The number of hydrogen-bond donors (Lipinski definition) is 2. The molecule has 0 aliphatic carbocycles. The van der Waals surface area contributed by atoms with Crippen molar-refractivity contribution in [2.24, 2.45) is 0 Å². The van der Waals surface area contributed by atoms with Gasteiger partial charge >= 0.3 is 5.97 Å². The summed E-state index contributed by atoms with van der Waals surface area (Å²) < 4.78 is 14.1. The van der Waals surface area contributed by atoms with Gasteiger partial charge in [0, 0.05) is 6.42 Å². The van der Waals surface area contributed by atoms with E-state index in [-0.39, 0.29) is 12.2 Å². The molecule has 2 rings (SSSR count). The van der Waals surface area contributed by atoms with E-state index < -0.39 is 5.97 Å². The van der Waals surface area contributed by atoms with Crippen molar-refractivity contribution in [3.63, 3.8) is 0 Å². The lowest BCUT2D eigenvalue weighted by molar-refractivity contribution is -0.136. The third-order valence-electron chi connectivity index (χ3n) is 2.45. The maximum atomic E-state index is 13.6. The quantitative estimate of drug-likeness (QED) is 0.912. The predicted octanol–water partition coefficient (Wildman–Crippen LogP) is 3.00. The lowest BCUT2D eigenvalue weighted by atomic mass is 10.2. The number of carboxylic acids is 1. The summed E-state index contributed by atoms with van der Waals surface area (Å²) in [5.74, 6) is -0.868. The number of imidazole rings is 1. The van der Waals surface area contributed by atoms with Crippen LogP contribution in [0, 0.1) is 5.82 Å². The third kappa shape index (κ3) is 2.76. The molecule has 0 saturated heterocycles. The van der Waals surface area contributed by atoms with E-state index in [4.69, 9.17) is 5.11 Å². The summed E-state index contributed by atoms with van der Waals surface area (Å²) in [6, 6.07) is 6.28. The first kappa shape index (κ1) is 12.8. The second kappa shape index (κ2) is 5.30. The molecule has 0 saturated carbocycles. The summed E-state index contributed by atoms with van der Waals surface area (Å²) in [5, 5.41) is 8.62. The Morgan fingerprint density at radius 1 is 1.44 bits per heavy atom. The van der Waals surface area contributed by atoms with Crippen molar-refractivity contribution < 1.29 is 14.3 Å². The van der Waals surface area contributed by atoms with Crippen molar-refractivity contribution in [3.8, 4) is 11.4 Å². The molecular formula is C12H10BrFN2O2. The number of carbonyl (C=O) groups is 1. The zero-order valence-electron chi connectivity index (χ0n) is 9.28. The fraction of sp³-hybridized carbons (Fsp3) is 0.167. The van der Waals surface area contributed by atoms with E-state index in [1.165, 1.54) is 6.07 Å². The zero-order valence-corrected chi connectivity index (χ0v) is 10.9. The molecule has 1 aromatic heterocycles. The Kier molecular flexibility index (Phi) is 3.76. The molecule has 4 nitrogen and oxygen atoms in total. The van der Waals surface area contributed by atoms with Gasteiger partial charge in [-0.2, -0.15) is 0 Å². The Morgan fingerprint density at radius 3 is 2.83 bits per heavy atom. The number of carboxylic acid groups (broad SMARTS) is 1. The zero-order chi connectivity index (χ0) is 13.1. The van der Waals surface area contributed by atoms with E-state index in [1.807, 2.05) is 0 Å². The highest BCUT2D eigenvalue weighted by atomic mass is 79.9. The molecule has 0 atom stereocenters. The van der Waals surface area contributed by atoms with Crippen molar-refractivity contribution in [2.75, 3.05) is 0 Å². The minimum atomic E-state index is -0.885. The number of aryl methyl sites for hydroxylation is 1. The molecule has 0 bridgehead atoms. The van der Waals surface area contributed by atoms with Crippen LogP contribution in [0.25, 0.3) is 11.4 Å². The first-order chi connectivity index (χ1) is 8.58. The molecule has 1 aromatic carbocycles. The van der Waals surface area contributed by atoms with Crippen molar-refractivity contribution in [1.29, 1.82) is 0 Å². The highest BCUT2D eigenvalue weighted by Crippen LogP contribution is 2.24. The van der Waals surface area contributed by atoms with Gasteiger partial charge in [0.05, 0.1) is 17.7 Å². The number of hydrogen-bond acceptors (Lipinski definition) is 2. The number of aromatic amines is 1. The average molecular weight is 313 g/mol. The Bertz CT molecular complexity index is 583. The number of nitrogens with one attached hydrogen (secondary N) is 1. The Hall–Kier alpha value is -1.69. The molecule has 6 heteroatoms. The average Bonchev–Trinajstić information content (AvgIpc) is 2.68. The number of benzene rings is 1. The van der Waals surface area contributed by atoms with E-state index >= 15 is 0 Å². The number of H-pyrrole nitrogens is 1. The van der Waals surface area contributed by atoms with Crippen molar-refractivity contribution in [2.45, 2.75) is 12.8 Å². The van der Waals surface area contributed by atoms with Gasteiger partial charge in [-0.25, -0.2) is 9.37 Å². The van der Waals surface area contributed by atoms with E-state index in [2.05, 4.69) is 25.9 Å². The first-order valence-corrected chi connectivity index (χ1v) is 6.08. The minimum Gasteiger partial charge on any atom is -0.481 e. The second-order valence-corrected chi connectivity index (χ2v) is 4.48. The monoisotopic (exact) mass is 312 g/mol. The van der Waals surface area contributed by atoms with E-state index in [1.54, 1.807) is 18.2 Å². The minimum absolute atomic E-state index is 0.00248. The number of aliphatic carboxylic acids is 1. The molecule has 18 heavy (non-hydrogen) atoms. The number of halogens is 2. The molecule has 0 radical (unpaired) electrons. The van der Waals surface area contributed by atoms with Gasteiger partial charge < -0.3 is 10.1 Å². The summed E-state index contributed by atoms with van der Waals surface area (Å²) >= 11 is 3.23. The van der Waals surface area contributed by atoms with Crippen LogP contribution < -0.4 is 0 Å². The molecule has 2 N–H and O–H groups in total. The van der Waals surface area contributed by atoms with Crippen LogP contribution in [0.3, 0.4) is 0 Å². The molecule has 0 spiro atoms. The van der Waals surface area contributed by atoms with Crippen molar-refractivity contribution >= 4 is 21.9 Å².